The van der Waals surface area contributed by atoms with E-state index in [9.17, 15) is 0 Å². The van der Waals surface area contributed by atoms with Crippen molar-refractivity contribution in [1.29, 1.82) is 0 Å². The molecule has 0 unspecified atom stereocenters. The number of anilines is 2. The quantitative estimate of drug-likeness (QED) is 0.874. The number of aliphatic hydroxyl groups is 1. The second-order valence-electron chi connectivity index (χ2n) is 7.62. The summed E-state index contributed by atoms with van der Waals surface area (Å²) in [7, 11) is 0. The van der Waals surface area contributed by atoms with Gasteiger partial charge in [0.2, 0.25) is 5.95 Å². The van der Waals surface area contributed by atoms with Gasteiger partial charge in [0.25, 0.3) is 0 Å². The minimum Gasteiger partial charge on any atom is -0.395 e. The Morgan fingerprint density at radius 2 is 1.92 bits per heavy atom. The Morgan fingerprint density at radius 1 is 1.20 bits per heavy atom. The maximum atomic E-state index is 9.09. The molecule has 1 aromatic carbocycles. The topological polar surface area (TPSA) is 61.3 Å². The Morgan fingerprint density at radius 3 is 2.60 bits per heavy atom. The molecule has 2 N–H and O–H groups in total. The van der Waals surface area contributed by atoms with Crippen LogP contribution in [0.4, 0.5) is 11.8 Å². The average Bonchev–Trinajstić information content (AvgIpc) is 2.58. The van der Waals surface area contributed by atoms with Crippen LogP contribution in [0.15, 0.2) is 30.3 Å². The van der Waals surface area contributed by atoms with Gasteiger partial charge >= 0.3 is 0 Å². The van der Waals surface area contributed by atoms with Gasteiger partial charge in [-0.25, -0.2) is 4.98 Å². The number of aromatic nitrogens is 2. The molecule has 0 amide bonds. The van der Waals surface area contributed by atoms with Crippen LogP contribution in [0.3, 0.4) is 0 Å². The fourth-order valence-corrected chi connectivity index (χ4v) is 3.35. The Hall–Kier alpha value is -2.14. The van der Waals surface area contributed by atoms with Crippen molar-refractivity contribution < 1.29 is 5.11 Å². The van der Waals surface area contributed by atoms with Crippen LogP contribution in [-0.4, -0.2) is 33.8 Å². The zero-order valence-corrected chi connectivity index (χ0v) is 15.6. The summed E-state index contributed by atoms with van der Waals surface area (Å²) < 4.78 is 0. The first-order valence-electron chi connectivity index (χ1n) is 8.99. The predicted molar refractivity (Wildman–Crippen MR) is 102 cm³/mol. The van der Waals surface area contributed by atoms with E-state index in [0.29, 0.717) is 18.4 Å². The molecule has 0 radical (unpaired) electrons. The summed E-state index contributed by atoms with van der Waals surface area (Å²) in [5, 5.41) is 12.2. The largest absolute Gasteiger partial charge is 0.395 e. The Labute approximate surface area is 150 Å². The van der Waals surface area contributed by atoms with Crippen LogP contribution in [0.25, 0.3) is 0 Å². The summed E-state index contributed by atoms with van der Waals surface area (Å²) in [5.41, 5.74) is 3.77. The minimum atomic E-state index is -0.0226. The van der Waals surface area contributed by atoms with E-state index < -0.39 is 0 Å². The smallest absolute Gasteiger partial charge is 0.224 e. The third kappa shape index (κ3) is 3.76. The van der Waals surface area contributed by atoms with Gasteiger partial charge in [0.1, 0.15) is 5.82 Å². The van der Waals surface area contributed by atoms with Crippen molar-refractivity contribution in [3.63, 3.8) is 0 Å². The van der Waals surface area contributed by atoms with Crippen LogP contribution in [0.1, 0.15) is 50.4 Å². The van der Waals surface area contributed by atoms with E-state index in [1.807, 2.05) is 0 Å². The summed E-state index contributed by atoms with van der Waals surface area (Å²) in [5.74, 6) is 1.85. The number of nitrogens with zero attached hydrogens (tertiary/aromatic N) is 3. The molecule has 2 heterocycles. The minimum absolute atomic E-state index is 0.0226. The Bertz CT molecular complexity index is 742. The Kier molecular flexibility index (Phi) is 4.95. The number of fused-ring (bicyclic) bond motifs is 1. The van der Waals surface area contributed by atoms with E-state index >= 15 is 0 Å². The van der Waals surface area contributed by atoms with Gasteiger partial charge in [-0.15, -0.1) is 0 Å². The lowest BCUT2D eigenvalue weighted by Crippen LogP contribution is -2.49. The molecule has 5 heteroatoms. The standard InChI is InChI=1S/C20H28N4O/c1-14(2)17-11-18(23-19(22-17)21-9-10-25)24-13-16-8-6-5-7-15(16)12-20(24,3)4/h5-8,11,14,25H,9-10,12-13H2,1-4H3,(H,21,22,23). The van der Waals surface area contributed by atoms with Gasteiger partial charge in [-0.1, -0.05) is 38.1 Å². The van der Waals surface area contributed by atoms with Gasteiger partial charge in [0, 0.05) is 24.7 Å². The lowest BCUT2D eigenvalue weighted by atomic mass is 9.85. The molecule has 0 saturated carbocycles. The van der Waals surface area contributed by atoms with Crippen LogP contribution in [-0.2, 0) is 13.0 Å². The fraction of sp³-hybridized carbons (Fsp3) is 0.500. The number of aliphatic hydroxyl groups excluding tert-OH is 1. The first-order valence-corrected chi connectivity index (χ1v) is 8.99. The molecule has 1 aliphatic heterocycles. The van der Waals surface area contributed by atoms with Crippen LogP contribution >= 0.6 is 0 Å². The van der Waals surface area contributed by atoms with E-state index in [0.717, 1.165) is 24.5 Å². The molecule has 0 fully saturated rings. The lowest BCUT2D eigenvalue weighted by Gasteiger charge is -2.44. The third-order valence-corrected chi connectivity index (χ3v) is 4.80. The SMILES string of the molecule is CC(C)c1cc(N2Cc3ccccc3CC2(C)C)nc(NCCO)n1. The van der Waals surface area contributed by atoms with Crippen LogP contribution in [0, 0.1) is 0 Å². The molecular weight excluding hydrogens is 312 g/mol. The number of rotatable bonds is 5. The first-order chi connectivity index (χ1) is 11.9. The summed E-state index contributed by atoms with van der Waals surface area (Å²) >= 11 is 0. The second kappa shape index (κ2) is 7.00. The van der Waals surface area contributed by atoms with Crippen LogP contribution < -0.4 is 10.2 Å². The van der Waals surface area contributed by atoms with E-state index in [4.69, 9.17) is 10.1 Å². The fourth-order valence-electron chi connectivity index (χ4n) is 3.35. The van der Waals surface area contributed by atoms with Gasteiger partial charge in [0.15, 0.2) is 0 Å². The molecule has 5 nitrogen and oxygen atoms in total. The summed E-state index contributed by atoms with van der Waals surface area (Å²) in [4.78, 5) is 11.7. The molecule has 134 valence electrons. The maximum absolute atomic E-state index is 9.09. The summed E-state index contributed by atoms with van der Waals surface area (Å²) in [6, 6.07) is 10.7. The molecule has 3 rings (SSSR count). The van der Waals surface area contributed by atoms with Crippen molar-refractivity contribution in [2.24, 2.45) is 0 Å². The molecule has 0 saturated heterocycles. The molecule has 1 aromatic heterocycles. The van der Waals surface area contributed by atoms with Crippen molar-refractivity contribution >= 4 is 11.8 Å². The van der Waals surface area contributed by atoms with E-state index in [1.54, 1.807) is 0 Å². The summed E-state index contributed by atoms with van der Waals surface area (Å²) in [6.07, 6.45) is 0.990. The highest BCUT2D eigenvalue weighted by Gasteiger charge is 2.34. The van der Waals surface area contributed by atoms with Gasteiger partial charge < -0.3 is 15.3 Å². The van der Waals surface area contributed by atoms with Gasteiger partial charge in [-0.2, -0.15) is 4.98 Å². The highest BCUT2D eigenvalue weighted by molar-refractivity contribution is 5.51. The predicted octanol–water partition coefficient (Wildman–Crippen LogP) is 3.35. The van der Waals surface area contributed by atoms with Crippen LogP contribution in [0.5, 0.6) is 0 Å². The second-order valence-corrected chi connectivity index (χ2v) is 7.62. The molecule has 25 heavy (non-hydrogen) atoms. The van der Waals surface area contributed by atoms with Crippen molar-refractivity contribution in [3.8, 4) is 0 Å². The zero-order chi connectivity index (χ0) is 18.0. The number of benzene rings is 1. The van der Waals surface area contributed by atoms with Gasteiger partial charge in [0.05, 0.1) is 12.3 Å². The highest BCUT2D eigenvalue weighted by Crippen LogP contribution is 2.35. The molecular formula is C20H28N4O. The highest BCUT2D eigenvalue weighted by atomic mass is 16.3. The molecule has 1 aliphatic rings. The molecule has 0 aliphatic carbocycles. The zero-order valence-electron chi connectivity index (χ0n) is 15.6. The van der Waals surface area contributed by atoms with E-state index in [-0.39, 0.29) is 12.1 Å². The maximum Gasteiger partial charge on any atom is 0.224 e. The summed E-state index contributed by atoms with van der Waals surface area (Å²) in [6.45, 7) is 10.2. The van der Waals surface area contributed by atoms with Crippen LogP contribution in [0.2, 0.25) is 0 Å². The Balaban J connectivity index is 2.00. The molecule has 0 bridgehead atoms. The van der Waals surface area contributed by atoms with Gasteiger partial charge in [-0.05, 0) is 37.3 Å². The van der Waals surface area contributed by atoms with Crippen molar-refractivity contribution in [1.82, 2.24) is 9.97 Å². The van der Waals surface area contributed by atoms with E-state index in [2.05, 4.69) is 73.2 Å². The average molecular weight is 340 g/mol. The van der Waals surface area contributed by atoms with Crippen molar-refractivity contribution in [3.05, 3.63) is 47.2 Å². The lowest BCUT2D eigenvalue weighted by molar-refractivity contribution is 0.310. The first kappa shape index (κ1) is 17.7. The number of hydrogen-bond donors (Lipinski definition) is 2. The number of nitrogens with one attached hydrogen (secondary N) is 1. The van der Waals surface area contributed by atoms with E-state index in [1.165, 1.54) is 11.1 Å². The molecule has 2 aromatic rings. The number of hydrogen-bond acceptors (Lipinski definition) is 5. The van der Waals surface area contributed by atoms with Gasteiger partial charge in [-0.3, -0.25) is 0 Å². The third-order valence-electron chi connectivity index (χ3n) is 4.80. The monoisotopic (exact) mass is 340 g/mol. The normalized spacial score (nSPS) is 16.0. The molecule has 0 atom stereocenters. The molecule has 0 spiro atoms. The van der Waals surface area contributed by atoms with Crippen molar-refractivity contribution in [2.75, 3.05) is 23.4 Å². The van der Waals surface area contributed by atoms with Crippen molar-refractivity contribution in [2.45, 2.75) is 52.1 Å².